The van der Waals surface area contributed by atoms with Gasteiger partial charge in [0.2, 0.25) is 0 Å². The number of esters is 1. The molecule has 30 heavy (non-hydrogen) atoms. The molecule has 1 amide bonds. The van der Waals surface area contributed by atoms with Crippen LogP contribution in [0.5, 0.6) is 0 Å². The van der Waals surface area contributed by atoms with Crippen LogP contribution in [0, 0.1) is 5.41 Å². The number of carbonyl (C=O) groups excluding carboxylic acids is 2. The fraction of sp³-hybridized carbons (Fsp3) is 0.565. The average Bonchev–Trinajstić information content (AvgIpc) is 2.69. The van der Waals surface area contributed by atoms with Gasteiger partial charge in [0.05, 0.1) is 18.4 Å². The molecule has 1 aromatic rings. The summed E-state index contributed by atoms with van der Waals surface area (Å²) in [7, 11) is 4.66. The zero-order valence-corrected chi connectivity index (χ0v) is 18.6. The lowest BCUT2D eigenvalue weighted by atomic mass is 9.60. The van der Waals surface area contributed by atoms with Crippen molar-refractivity contribution in [3.05, 3.63) is 41.5 Å². The molecule has 0 N–H and O–H groups in total. The van der Waals surface area contributed by atoms with E-state index in [0.29, 0.717) is 12.1 Å². The molecule has 0 radical (unpaired) electrons. The molecule has 1 aromatic carbocycles. The van der Waals surface area contributed by atoms with Gasteiger partial charge < -0.3 is 18.9 Å². The predicted molar refractivity (Wildman–Crippen MR) is 112 cm³/mol. The van der Waals surface area contributed by atoms with Gasteiger partial charge >= 0.3 is 12.1 Å². The number of amides is 1. The van der Waals surface area contributed by atoms with Crippen LogP contribution in [-0.2, 0) is 18.9 Å². The van der Waals surface area contributed by atoms with Gasteiger partial charge in [-0.05, 0) is 44.9 Å². The number of allylic oxidation sites excluding steroid dienone is 1. The minimum atomic E-state index is -0.593. The number of ether oxygens (including phenoxy) is 4. The molecule has 0 bridgehead atoms. The van der Waals surface area contributed by atoms with Gasteiger partial charge in [0.1, 0.15) is 5.60 Å². The smallest absolute Gasteiger partial charge is 0.414 e. The lowest BCUT2D eigenvalue weighted by Gasteiger charge is -2.55. The topological polar surface area (TPSA) is 74.3 Å². The van der Waals surface area contributed by atoms with Crippen molar-refractivity contribution in [3.8, 4) is 0 Å². The van der Waals surface area contributed by atoms with Crippen LogP contribution >= 0.6 is 0 Å². The predicted octanol–water partition coefficient (Wildman–Crippen LogP) is 4.22. The Bertz CT molecular complexity index is 824. The molecular weight excluding hydrogens is 386 g/mol. The lowest BCUT2D eigenvalue weighted by molar-refractivity contribution is -0.288. The first-order valence-corrected chi connectivity index (χ1v) is 10.1. The monoisotopic (exact) mass is 417 g/mol. The van der Waals surface area contributed by atoms with Crippen molar-refractivity contribution in [2.24, 2.45) is 5.41 Å². The maximum atomic E-state index is 12.9. The Kier molecular flexibility index (Phi) is 5.98. The molecular formula is C23H31NO6. The molecule has 0 unspecified atom stereocenters. The quantitative estimate of drug-likeness (QED) is 0.539. The summed E-state index contributed by atoms with van der Waals surface area (Å²) in [5, 5.41) is 0. The Balaban J connectivity index is 1.95. The molecule has 7 nitrogen and oxygen atoms in total. The maximum absolute atomic E-state index is 12.9. The number of nitrogens with zero attached hydrogens (tertiary/aromatic N) is 1. The number of hydrogen-bond acceptors (Lipinski definition) is 6. The Morgan fingerprint density at radius 1 is 1.00 bits per heavy atom. The van der Waals surface area contributed by atoms with Gasteiger partial charge in [-0.1, -0.05) is 18.2 Å². The van der Waals surface area contributed by atoms with Gasteiger partial charge in [-0.2, -0.15) is 0 Å². The molecule has 1 fully saturated rings. The highest BCUT2D eigenvalue weighted by Gasteiger charge is 2.56. The number of carbonyl (C=O) groups is 2. The minimum absolute atomic E-state index is 0.110. The van der Waals surface area contributed by atoms with Gasteiger partial charge in [-0.25, -0.2) is 9.59 Å². The number of rotatable bonds is 4. The van der Waals surface area contributed by atoms with Gasteiger partial charge in [-0.3, -0.25) is 4.90 Å². The molecule has 1 spiro atoms. The van der Waals surface area contributed by atoms with Crippen LogP contribution in [-0.4, -0.2) is 56.2 Å². The molecule has 7 heteroatoms. The van der Waals surface area contributed by atoms with Gasteiger partial charge in [0, 0.05) is 39.0 Å². The van der Waals surface area contributed by atoms with Gasteiger partial charge in [0.15, 0.2) is 5.79 Å². The second-order valence-electron chi connectivity index (χ2n) is 9.02. The van der Waals surface area contributed by atoms with Gasteiger partial charge in [-0.15, -0.1) is 0 Å². The van der Waals surface area contributed by atoms with Crippen LogP contribution in [0.2, 0.25) is 0 Å². The summed E-state index contributed by atoms with van der Waals surface area (Å²) in [5.74, 6) is -0.978. The van der Waals surface area contributed by atoms with E-state index in [4.69, 9.17) is 18.9 Å². The van der Waals surface area contributed by atoms with Crippen molar-refractivity contribution in [1.82, 2.24) is 4.90 Å². The molecule has 1 heterocycles. The normalized spacial score (nSPS) is 19.7. The van der Waals surface area contributed by atoms with Gasteiger partial charge in [0.25, 0.3) is 0 Å². The van der Waals surface area contributed by atoms with Crippen LogP contribution in [0.1, 0.15) is 56.0 Å². The summed E-state index contributed by atoms with van der Waals surface area (Å²) >= 11 is 0. The number of methoxy groups -OCH3 is 3. The molecule has 0 saturated heterocycles. The number of benzene rings is 1. The van der Waals surface area contributed by atoms with E-state index in [1.165, 1.54) is 7.11 Å². The number of hydrogen-bond donors (Lipinski definition) is 0. The van der Waals surface area contributed by atoms with E-state index in [2.05, 4.69) is 6.08 Å². The van der Waals surface area contributed by atoms with E-state index >= 15 is 0 Å². The molecule has 3 rings (SSSR count). The molecule has 0 aromatic heterocycles. The Labute approximate surface area is 177 Å². The second-order valence-corrected chi connectivity index (χ2v) is 9.02. The lowest BCUT2D eigenvalue weighted by Crippen LogP contribution is -2.56. The summed E-state index contributed by atoms with van der Waals surface area (Å²) in [6, 6.07) is 7.05. The average molecular weight is 418 g/mol. The summed E-state index contributed by atoms with van der Waals surface area (Å²) in [6.45, 7) is 6.08. The van der Waals surface area contributed by atoms with Crippen molar-refractivity contribution in [1.29, 1.82) is 0 Å². The van der Waals surface area contributed by atoms with Crippen LogP contribution < -0.4 is 0 Å². The highest BCUT2D eigenvalue weighted by Crippen LogP contribution is 2.56. The standard InChI is InChI=1S/C23H31NO6/c1-21(2,3)30-20(26)24-12-11-22(14-23(15-22,28-5)29-6)13-18(24)16-7-9-17(10-8-16)19(25)27-4/h7-10,13H,11-12,14-15H2,1-6H3. The molecule has 1 saturated carbocycles. The minimum Gasteiger partial charge on any atom is -0.465 e. The van der Waals surface area contributed by atoms with Crippen molar-refractivity contribution in [2.45, 2.75) is 51.4 Å². The Hall–Kier alpha value is -2.38. The Morgan fingerprint density at radius 2 is 1.60 bits per heavy atom. The zero-order chi connectivity index (χ0) is 22.2. The summed E-state index contributed by atoms with van der Waals surface area (Å²) in [6.07, 6.45) is 3.98. The molecule has 164 valence electrons. The van der Waals surface area contributed by atoms with E-state index in [1.54, 1.807) is 31.3 Å². The molecule has 2 aliphatic rings. The first kappa shape index (κ1) is 22.3. The third-order valence-corrected chi connectivity index (χ3v) is 5.77. The summed E-state index contributed by atoms with van der Waals surface area (Å²) in [5.41, 5.74) is 1.36. The van der Waals surface area contributed by atoms with Crippen LogP contribution in [0.25, 0.3) is 5.70 Å². The van der Waals surface area contributed by atoms with Crippen molar-refractivity contribution in [2.75, 3.05) is 27.9 Å². The third kappa shape index (κ3) is 4.37. The maximum Gasteiger partial charge on any atom is 0.414 e. The third-order valence-electron chi connectivity index (χ3n) is 5.77. The van der Waals surface area contributed by atoms with E-state index in [0.717, 1.165) is 30.5 Å². The van der Waals surface area contributed by atoms with Crippen molar-refractivity contribution >= 4 is 17.8 Å². The van der Waals surface area contributed by atoms with E-state index in [-0.39, 0.29) is 11.5 Å². The highest BCUT2D eigenvalue weighted by atomic mass is 16.7. The molecule has 0 atom stereocenters. The van der Waals surface area contributed by atoms with Crippen molar-refractivity contribution in [3.63, 3.8) is 0 Å². The fourth-order valence-corrected chi connectivity index (χ4v) is 4.21. The summed E-state index contributed by atoms with van der Waals surface area (Å²) in [4.78, 5) is 26.4. The largest absolute Gasteiger partial charge is 0.465 e. The second kappa shape index (κ2) is 8.04. The molecule has 1 aliphatic heterocycles. The van der Waals surface area contributed by atoms with Crippen molar-refractivity contribution < 1.29 is 28.5 Å². The first-order valence-electron chi connectivity index (χ1n) is 10.1. The van der Waals surface area contributed by atoms with Crippen LogP contribution in [0.4, 0.5) is 4.79 Å². The van der Waals surface area contributed by atoms with Crippen LogP contribution in [0.3, 0.4) is 0 Å². The summed E-state index contributed by atoms with van der Waals surface area (Å²) < 4.78 is 21.6. The van der Waals surface area contributed by atoms with E-state index in [9.17, 15) is 9.59 Å². The highest BCUT2D eigenvalue weighted by molar-refractivity contribution is 5.90. The SMILES string of the molecule is COC(=O)c1ccc(C2=CC3(CCN2C(=O)OC(C)(C)C)CC(OC)(OC)C3)cc1. The van der Waals surface area contributed by atoms with E-state index in [1.807, 2.05) is 32.9 Å². The zero-order valence-electron chi connectivity index (χ0n) is 18.6. The fourth-order valence-electron chi connectivity index (χ4n) is 4.21. The molecule has 1 aliphatic carbocycles. The van der Waals surface area contributed by atoms with Crippen LogP contribution in [0.15, 0.2) is 30.3 Å². The first-order chi connectivity index (χ1) is 14.1. The Morgan fingerprint density at radius 3 is 2.10 bits per heavy atom. The van der Waals surface area contributed by atoms with E-state index < -0.39 is 17.4 Å².